The van der Waals surface area contributed by atoms with Crippen LogP contribution in [0.15, 0.2) is 53.3 Å². The average Bonchev–Trinajstić information content (AvgIpc) is 3.47. The minimum atomic E-state index is -0.110. The van der Waals surface area contributed by atoms with Crippen molar-refractivity contribution in [2.24, 2.45) is 0 Å². The minimum Gasteiger partial charge on any atom is -0.454 e. The first-order chi connectivity index (χ1) is 17.0. The van der Waals surface area contributed by atoms with Crippen LogP contribution in [-0.2, 0) is 24.3 Å². The lowest BCUT2D eigenvalue weighted by atomic mass is 10.0. The molecule has 180 valence electrons. The molecule has 8 nitrogen and oxygen atoms in total. The summed E-state index contributed by atoms with van der Waals surface area (Å²) in [6.07, 6.45) is 0.589. The van der Waals surface area contributed by atoms with Gasteiger partial charge in [0.25, 0.3) is 5.56 Å². The van der Waals surface area contributed by atoms with Crippen molar-refractivity contribution < 1.29 is 14.3 Å². The fourth-order valence-electron chi connectivity index (χ4n) is 4.69. The Morgan fingerprint density at radius 1 is 1.09 bits per heavy atom. The topological polar surface area (TPSA) is 87.4 Å². The summed E-state index contributed by atoms with van der Waals surface area (Å²) in [5.74, 6) is 1.29. The molecule has 0 saturated heterocycles. The molecule has 4 aromatic rings. The first-order valence-electron chi connectivity index (χ1n) is 11.8. The van der Waals surface area contributed by atoms with Crippen LogP contribution in [-0.4, -0.2) is 27.0 Å². The fourth-order valence-corrected chi connectivity index (χ4v) is 4.69. The van der Waals surface area contributed by atoms with Crippen molar-refractivity contribution >= 4 is 16.9 Å². The summed E-state index contributed by atoms with van der Waals surface area (Å²) in [7, 11) is 0. The van der Waals surface area contributed by atoms with Crippen LogP contribution in [0.5, 0.6) is 11.5 Å². The Morgan fingerprint density at radius 3 is 2.63 bits per heavy atom. The molecular formula is C27H28N4O4. The highest BCUT2D eigenvalue weighted by Gasteiger charge is 2.21. The second-order valence-corrected chi connectivity index (χ2v) is 8.65. The van der Waals surface area contributed by atoms with Gasteiger partial charge < -0.3 is 14.8 Å². The summed E-state index contributed by atoms with van der Waals surface area (Å²) < 4.78 is 14.3. The number of rotatable bonds is 7. The van der Waals surface area contributed by atoms with Gasteiger partial charge in [-0.15, -0.1) is 0 Å². The second kappa shape index (κ2) is 9.29. The first kappa shape index (κ1) is 22.7. The van der Waals surface area contributed by atoms with Crippen LogP contribution in [0.2, 0.25) is 0 Å². The van der Waals surface area contributed by atoms with Crippen LogP contribution in [0.25, 0.3) is 16.7 Å². The molecule has 1 N–H and O–H groups in total. The number of hydrogen-bond acceptors (Lipinski definition) is 5. The number of fused-ring (bicyclic) bond motifs is 2. The fraction of sp³-hybridized carbons (Fsp3) is 0.296. The zero-order valence-corrected chi connectivity index (χ0v) is 20.1. The number of aryl methyl sites for hydroxylation is 3. The number of carbonyl (C=O) groups is 1. The zero-order valence-electron chi connectivity index (χ0n) is 20.1. The summed E-state index contributed by atoms with van der Waals surface area (Å²) in [6.45, 7) is 6.98. The van der Waals surface area contributed by atoms with E-state index in [9.17, 15) is 9.59 Å². The van der Waals surface area contributed by atoms with Gasteiger partial charge in [-0.25, -0.2) is 4.68 Å². The lowest BCUT2D eigenvalue weighted by molar-refractivity contribution is -0.121. The highest BCUT2D eigenvalue weighted by Crippen LogP contribution is 2.32. The third-order valence-corrected chi connectivity index (χ3v) is 6.47. The van der Waals surface area contributed by atoms with Gasteiger partial charge in [-0.3, -0.25) is 14.2 Å². The van der Waals surface area contributed by atoms with E-state index in [-0.39, 0.29) is 24.7 Å². The van der Waals surface area contributed by atoms with E-state index < -0.39 is 0 Å². The summed E-state index contributed by atoms with van der Waals surface area (Å²) in [6, 6.07) is 15.4. The summed E-state index contributed by atoms with van der Waals surface area (Å²) in [4.78, 5) is 26.1. The van der Waals surface area contributed by atoms with Gasteiger partial charge in [0.15, 0.2) is 11.5 Å². The Bertz CT molecular complexity index is 1470. The predicted molar refractivity (Wildman–Crippen MR) is 133 cm³/mol. The summed E-state index contributed by atoms with van der Waals surface area (Å²) in [5.41, 5.74) is 4.95. The number of carbonyl (C=O) groups excluding carboxylic acids is 1. The number of hydrogen-bond donors (Lipinski definition) is 1. The molecule has 8 heteroatoms. The lowest BCUT2D eigenvalue weighted by Gasteiger charge is -2.14. The van der Waals surface area contributed by atoms with Gasteiger partial charge in [-0.2, -0.15) is 5.10 Å². The maximum absolute atomic E-state index is 13.5. The highest BCUT2D eigenvalue weighted by molar-refractivity contribution is 5.85. The van der Waals surface area contributed by atoms with Crippen molar-refractivity contribution in [2.75, 3.05) is 6.79 Å². The van der Waals surface area contributed by atoms with Crippen LogP contribution in [0.4, 0.5) is 0 Å². The number of para-hydroxylation sites is 1. The van der Waals surface area contributed by atoms with Gasteiger partial charge >= 0.3 is 0 Å². The van der Waals surface area contributed by atoms with E-state index in [1.807, 2.05) is 74.0 Å². The van der Waals surface area contributed by atoms with Gasteiger partial charge in [-0.05, 0) is 62.6 Å². The molecule has 2 aromatic carbocycles. The van der Waals surface area contributed by atoms with Crippen molar-refractivity contribution in [1.82, 2.24) is 19.7 Å². The third-order valence-electron chi connectivity index (χ3n) is 6.47. The van der Waals surface area contributed by atoms with Gasteiger partial charge in [0.2, 0.25) is 12.7 Å². The Balaban J connectivity index is 1.38. The van der Waals surface area contributed by atoms with E-state index in [1.54, 1.807) is 4.57 Å². The molecule has 0 aliphatic carbocycles. The summed E-state index contributed by atoms with van der Waals surface area (Å²) in [5, 5.41) is 8.66. The van der Waals surface area contributed by atoms with Crippen molar-refractivity contribution in [2.45, 2.75) is 46.7 Å². The molecule has 0 atom stereocenters. The van der Waals surface area contributed by atoms with Gasteiger partial charge in [-0.1, -0.05) is 24.3 Å². The van der Waals surface area contributed by atoms with Crippen molar-refractivity contribution in [3.63, 3.8) is 0 Å². The number of pyridine rings is 1. The van der Waals surface area contributed by atoms with Crippen LogP contribution < -0.4 is 20.3 Å². The maximum Gasteiger partial charge on any atom is 0.255 e. The number of ether oxygens (including phenoxy) is 2. The standard InChI is InChI=1S/C27H28N4O4/c1-4-30-26-25(18(3)29-31(26)20-8-6-5-7-9-20)17(2)21(27(30)33)11-13-24(32)28-15-19-10-12-22-23(14-19)35-16-34-22/h5-10,12,14H,4,11,13,15-16H2,1-3H3,(H,28,32). The normalized spacial score (nSPS) is 12.3. The lowest BCUT2D eigenvalue weighted by Crippen LogP contribution is -2.28. The Labute approximate surface area is 203 Å². The Hall–Kier alpha value is -4.07. The SMILES string of the molecule is CCn1c(=O)c(CCC(=O)NCc2ccc3c(c2)OCO3)c(C)c2c(C)nn(-c3ccccc3)c21. The molecule has 0 saturated carbocycles. The molecule has 0 spiro atoms. The zero-order chi connectivity index (χ0) is 24.5. The second-order valence-electron chi connectivity index (χ2n) is 8.65. The molecule has 3 heterocycles. The molecule has 2 aromatic heterocycles. The molecule has 0 fully saturated rings. The van der Waals surface area contributed by atoms with E-state index in [2.05, 4.69) is 5.32 Å². The van der Waals surface area contributed by atoms with E-state index >= 15 is 0 Å². The number of nitrogens with zero attached hydrogens (tertiary/aromatic N) is 3. The minimum absolute atomic E-state index is 0.0712. The van der Waals surface area contributed by atoms with Crippen LogP contribution in [0, 0.1) is 13.8 Å². The molecule has 1 amide bonds. The van der Waals surface area contributed by atoms with Crippen LogP contribution in [0.3, 0.4) is 0 Å². The van der Waals surface area contributed by atoms with Crippen LogP contribution >= 0.6 is 0 Å². The first-order valence-corrected chi connectivity index (χ1v) is 11.8. The van der Waals surface area contributed by atoms with E-state index in [4.69, 9.17) is 14.6 Å². The van der Waals surface area contributed by atoms with Gasteiger partial charge in [0.05, 0.1) is 11.4 Å². The monoisotopic (exact) mass is 472 g/mol. The highest BCUT2D eigenvalue weighted by atomic mass is 16.7. The van der Waals surface area contributed by atoms with Gasteiger partial charge in [0, 0.05) is 30.5 Å². The predicted octanol–water partition coefficient (Wildman–Crippen LogP) is 3.80. The molecule has 1 aliphatic heterocycles. The van der Waals surface area contributed by atoms with Crippen molar-refractivity contribution in [3.8, 4) is 17.2 Å². The van der Waals surface area contributed by atoms with Crippen LogP contribution in [0.1, 0.15) is 35.7 Å². The molecule has 0 bridgehead atoms. The van der Waals surface area contributed by atoms with Gasteiger partial charge in [0.1, 0.15) is 5.65 Å². The number of nitrogens with one attached hydrogen (secondary N) is 1. The molecule has 35 heavy (non-hydrogen) atoms. The van der Waals surface area contributed by atoms with Crippen molar-refractivity contribution in [3.05, 3.63) is 81.3 Å². The number of aromatic nitrogens is 3. The average molecular weight is 473 g/mol. The number of amides is 1. The molecular weight excluding hydrogens is 444 g/mol. The summed E-state index contributed by atoms with van der Waals surface area (Å²) >= 11 is 0. The Kier molecular flexibility index (Phi) is 6.03. The number of benzene rings is 2. The largest absolute Gasteiger partial charge is 0.454 e. The third kappa shape index (κ3) is 4.16. The molecule has 1 aliphatic rings. The Morgan fingerprint density at radius 2 is 1.86 bits per heavy atom. The molecule has 5 rings (SSSR count). The molecule has 0 unspecified atom stereocenters. The smallest absolute Gasteiger partial charge is 0.255 e. The van der Waals surface area contributed by atoms with E-state index in [1.165, 1.54) is 0 Å². The maximum atomic E-state index is 13.5. The van der Waals surface area contributed by atoms with E-state index in [0.29, 0.717) is 36.6 Å². The quantitative estimate of drug-likeness (QED) is 0.442. The van der Waals surface area contributed by atoms with Crippen molar-refractivity contribution in [1.29, 1.82) is 0 Å². The molecule has 0 radical (unpaired) electrons. The van der Waals surface area contributed by atoms with E-state index in [0.717, 1.165) is 33.5 Å².